The van der Waals surface area contributed by atoms with Crippen molar-refractivity contribution in [1.82, 2.24) is 9.55 Å². The summed E-state index contributed by atoms with van der Waals surface area (Å²) in [4.78, 5) is 4.85. The van der Waals surface area contributed by atoms with E-state index in [2.05, 4.69) is 16.7 Å². The number of rotatable bonds is 5. The topological polar surface area (TPSA) is 38.1 Å². The zero-order valence-electron chi connectivity index (χ0n) is 15.4. The fourth-order valence-electron chi connectivity index (χ4n) is 3.59. The number of hydrogen-bond donors (Lipinski definition) is 1. The molecule has 0 unspecified atom stereocenters. The van der Waals surface area contributed by atoms with Crippen molar-refractivity contribution in [3.63, 3.8) is 0 Å². The fourth-order valence-corrected chi connectivity index (χ4v) is 3.96. The summed E-state index contributed by atoms with van der Waals surface area (Å²) in [7, 11) is 0. The second kappa shape index (κ2) is 8.37. The molecule has 0 aliphatic heterocycles. The number of halogens is 3. The minimum atomic E-state index is -1.86. The number of imidazole rings is 1. The minimum absolute atomic E-state index is 0.590. The summed E-state index contributed by atoms with van der Waals surface area (Å²) < 4.78 is 0.220. The van der Waals surface area contributed by atoms with Crippen LogP contribution >= 0.6 is 34.8 Å². The van der Waals surface area contributed by atoms with E-state index in [1.165, 1.54) is 0 Å². The molecule has 1 N–H and O–H groups in total. The number of aromatic nitrogens is 2. The average Bonchev–Trinajstić information content (AvgIpc) is 3.07. The molecule has 4 aromatic rings. The van der Waals surface area contributed by atoms with Crippen LogP contribution in [0.4, 0.5) is 0 Å². The summed E-state index contributed by atoms with van der Waals surface area (Å²) >= 11 is 18.4. The Bertz CT molecular complexity index is 1090. The first-order valence-corrected chi connectivity index (χ1v) is 10.4. The van der Waals surface area contributed by atoms with Gasteiger partial charge in [-0.2, -0.15) is 0 Å². The number of para-hydroxylation sites is 2. The van der Waals surface area contributed by atoms with Gasteiger partial charge in [0.15, 0.2) is 0 Å². The van der Waals surface area contributed by atoms with Crippen LogP contribution < -0.4 is 0 Å². The third kappa shape index (κ3) is 4.29. The maximum Gasteiger partial charge on any atom is 0.217 e. The molecule has 4 rings (SSSR count). The molecular formula is C23H19Cl3N2O. The summed E-state index contributed by atoms with van der Waals surface area (Å²) in [6.45, 7) is 0.590. The fraction of sp³-hybridized carbons (Fsp3) is 0.174. The number of fused-ring (bicyclic) bond motifs is 1. The predicted octanol–water partition coefficient (Wildman–Crippen LogP) is 5.95. The van der Waals surface area contributed by atoms with E-state index in [4.69, 9.17) is 39.8 Å². The largest absolute Gasteiger partial charge is 0.388 e. The van der Waals surface area contributed by atoms with Gasteiger partial charge in [-0.25, -0.2) is 4.98 Å². The monoisotopic (exact) mass is 444 g/mol. The molecule has 0 spiro atoms. The highest BCUT2D eigenvalue weighted by Crippen LogP contribution is 2.41. The number of aliphatic hydroxyl groups excluding tert-OH is 1. The van der Waals surface area contributed by atoms with Crippen molar-refractivity contribution in [2.24, 2.45) is 0 Å². The first-order valence-electron chi connectivity index (χ1n) is 9.24. The van der Waals surface area contributed by atoms with E-state index in [0.717, 1.165) is 22.2 Å². The third-order valence-corrected chi connectivity index (χ3v) is 5.63. The lowest BCUT2D eigenvalue weighted by atomic mass is 9.93. The van der Waals surface area contributed by atoms with Crippen molar-refractivity contribution in [2.75, 3.05) is 0 Å². The third-order valence-electron chi connectivity index (χ3n) is 4.96. The Labute approximate surface area is 184 Å². The van der Waals surface area contributed by atoms with Crippen molar-refractivity contribution in [2.45, 2.75) is 22.4 Å². The Balaban J connectivity index is 1.92. The normalized spacial score (nSPS) is 14.1. The molecule has 0 bridgehead atoms. The molecule has 0 aliphatic carbocycles. The molecule has 0 fully saturated rings. The number of benzene rings is 3. The van der Waals surface area contributed by atoms with E-state index >= 15 is 0 Å². The number of nitrogens with zero attached hydrogens (tertiary/aromatic N) is 2. The van der Waals surface area contributed by atoms with Crippen LogP contribution in [0.2, 0.25) is 0 Å². The summed E-state index contributed by atoms with van der Waals surface area (Å²) in [6.07, 6.45) is -1.28. The molecular weight excluding hydrogens is 427 g/mol. The van der Waals surface area contributed by atoms with Crippen LogP contribution in [0.1, 0.15) is 22.9 Å². The van der Waals surface area contributed by atoms with E-state index in [1.807, 2.05) is 72.8 Å². The van der Waals surface area contributed by atoms with Crippen LogP contribution in [0, 0.1) is 0 Å². The van der Waals surface area contributed by atoms with E-state index < -0.39 is 15.8 Å². The van der Waals surface area contributed by atoms with Crippen LogP contribution in [0.5, 0.6) is 0 Å². The minimum Gasteiger partial charge on any atom is -0.388 e. The SMILES string of the molecule is O[C@@H]([C@H](c1ccccc1)c1nc2ccccc2n1Cc1ccccc1)C(Cl)(Cl)Cl. The van der Waals surface area contributed by atoms with E-state index in [-0.39, 0.29) is 0 Å². The smallest absolute Gasteiger partial charge is 0.217 e. The lowest BCUT2D eigenvalue weighted by molar-refractivity contribution is 0.156. The maximum absolute atomic E-state index is 11.0. The highest BCUT2D eigenvalue weighted by atomic mass is 35.6. The van der Waals surface area contributed by atoms with Gasteiger partial charge in [0.05, 0.1) is 17.0 Å². The Morgan fingerprint density at radius 2 is 1.41 bits per heavy atom. The Hall–Kier alpha value is -2.04. The van der Waals surface area contributed by atoms with Gasteiger partial charge in [0, 0.05) is 6.54 Å². The van der Waals surface area contributed by atoms with Gasteiger partial charge in [-0.3, -0.25) is 0 Å². The Kier molecular flexibility index (Phi) is 5.84. The molecule has 0 amide bonds. The van der Waals surface area contributed by atoms with Gasteiger partial charge in [-0.15, -0.1) is 0 Å². The van der Waals surface area contributed by atoms with Crippen molar-refractivity contribution >= 4 is 45.8 Å². The first kappa shape index (κ1) is 20.2. The number of hydrogen-bond acceptors (Lipinski definition) is 2. The first-order chi connectivity index (χ1) is 13.9. The molecule has 0 saturated carbocycles. The van der Waals surface area contributed by atoms with Crippen molar-refractivity contribution in [3.05, 3.63) is 102 Å². The van der Waals surface area contributed by atoms with Crippen LogP contribution in [-0.2, 0) is 6.54 Å². The lowest BCUT2D eigenvalue weighted by Gasteiger charge is -2.28. The molecule has 0 saturated heterocycles. The van der Waals surface area contributed by atoms with E-state index in [9.17, 15) is 5.11 Å². The van der Waals surface area contributed by atoms with Gasteiger partial charge in [0.25, 0.3) is 0 Å². The van der Waals surface area contributed by atoms with Crippen molar-refractivity contribution < 1.29 is 5.11 Å². The van der Waals surface area contributed by atoms with Gasteiger partial charge >= 0.3 is 0 Å². The van der Waals surface area contributed by atoms with Crippen molar-refractivity contribution in [3.8, 4) is 0 Å². The molecule has 2 atom stereocenters. The molecule has 3 aromatic carbocycles. The van der Waals surface area contributed by atoms with Crippen LogP contribution in [0.15, 0.2) is 84.9 Å². The molecule has 3 nitrogen and oxygen atoms in total. The summed E-state index contributed by atoms with van der Waals surface area (Å²) in [5.74, 6) is 0.0416. The second-order valence-corrected chi connectivity index (χ2v) is 9.27. The van der Waals surface area contributed by atoms with Gasteiger partial charge in [-0.05, 0) is 23.3 Å². The summed E-state index contributed by atoms with van der Waals surface area (Å²) in [5.41, 5.74) is 3.74. The van der Waals surface area contributed by atoms with Gasteiger partial charge < -0.3 is 9.67 Å². The predicted molar refractivity (Wildman–Crippen MR) is 120 cm³/mol. The summed E-state index contributed by atoms with van der Waals surface area (Å²) in [5, 5.41) is 11.0. The van der Waals surface area contributed by atoms with Crippen molar-refractivity contribution in [1.29, 1.82) is 0 Å². The van der Waals surface area contributed by atoms with E-state index in [0.29, 0.717) is 12.4 Å². The number of alkyl halides is 3. The molecule has 0 aliphatic rings. The molecule has 1 aromatic heterocycles. The summed E-state index contributed by atoms with van der Waals surface area (Å²) in [6, 6.07) is 27.5. The molecule has 1 heterocycles. The standard InChI is InChI=1S/C23H19Cl3N2O/c24-23(25,26)21(29)20(17-11-5-2-6-12-17)22-27-18-13-7-8-14-19(18)28(22)15-16-9-3-1-4-10-16/h1-14,20-21,29H,15H2/t20-,21-/m0/s1. The van der Waals surface area contributed by atoms with E-state index in [1.54, 1.807) is 0 Å². The van der Waals surface area contributed by atoms with Crippen LogP contribution in [0.25, 0.3) is 11.0 Å². The molecule has 6 heteroatoms. The average molecular weight is 446 g/mol. The number of aliphatic hydroxyl groups is 1. The van der Waals surface area contributed by atoms with Gasteiger partial charge in [0.2, 0.25) is 3.79 Å². The molecule has 29 heavy (non-hydrogen) atoms. The second-order valence-electron chi connectivity index (χ2n) is 6.91. The molecule has 148 valence electrons. The van der Waals surface area contributed by atoms with Gasteiger partial charge in [-0.1, -0.05) is 108 Å². The van der Waals surface area contributed by atoms with Crippen LogP contribution in [0.3, 0.4) is 0 Å². The Morgan fingerprint density at radius 3 is 2.07 bits per heavy atom. The van der Waals surface area contributed by atoms with Gasteiger partial charge in [0.1, 0.15) is 11.9 Å². The lowest BCUT2D eigenvalue weighted by Crippen LogP contribution is -2.34. The molecule has 0 radical (unpaired) electrons. The highest BCUT2D eigenvalue weighted by molar-refractivity contribution is 6.68. The zero-order chi connectivity index (χ0) is 20.4. The zero-order valence-corrected chi connectivity index (χ0v) is 17.7. The maximum atomic E-state index is 11.0. The quantitative estimate of drug-likeness (QED) is 0.386. The highest BCUT2D eigenvalue weighted by Gasteiger charge is 2.41. The van der Waals surface area contributed by atoms with Crippen LogP contribution in [-0.4, -0.2) is 24.6 Å². The Morgan fingerprint density at radius 1 is 0.828 bits per heavy atom.